The number of likely N-dealkylation sites (N-methyl/N-ethyl adjacent to an activating group) is 1. The Morgan fingerprint density at radius 2 is 2.00 bits per heavy atom. The number of carbonyl (C=O) groups is 1. The first-order chi connectivity index (χ1) is 12.4. The maximum atomic E-state index is 12.1. The Morgan fingerprint density at radius 3 is 2.62 bits per heavy atom. The standard InChI is InChI=1S/C20H33N5O/c1-15(25(5)18-9-10-18)14-23-20(21-2)22-12-11-16-7-6-8-17(13-16)19(26)24(3)4/h6-8,13,15,18H,9-12,14H2,1-5H3,(H2,21,22,23). The molecule has 1 aliphatic carbocycles. The summed E-state index contributed by atoms with van der Waals surface area (Å²) >= 11 is 0. The SMILES string of the molecule is CN=C(NCCc1cccc(C(=O)N(C)C)c1)NCC(C)N(C)C1CC1. The lowest BCUT2D eigenvalue weighted by Gasteiger charge is -2.25. The van der Waals surface area contributed by atoms with Gasteiger partial charge < -0.3 is 15.5 Å². The number of rotatable bonds is 8. The van der Waals surface area contributed by atoms with Gasteiger partial charge in [0.25, 0.3) is 5.91 Å². The monoisotopic (exact) mass is 359 g/mol. The summed E-state index contributed by atoms with van der Waals surface area (Å²) in [4.78, 5) is 20.4. The highest BCUT2D eigenvalue weighted by molar-refractivity contribution is 5.94. The molecule has 6 nitrogen and oxygen atoms in total. The van der Waals surface area contributed by atoms with E-state index in [2.05, 4.69) is 40.6 Å². The first-order valence-corrected chi connectivity index (χ1v) is 9.39. The summed E-state index contributed by atoms with van der Waals surface area (Å²) in [6.45, 7) is 3.89. The van der Waals surface area contributed by atoms with Crippen molar-refractivity contribution in [1.82, 2.24) is 20.4 Å². The summed E-state index contributed by atoms with van der Waals surface area (Å²) < 4.78 is 0. The molecule has 0 bridgehead atoms. The zero-order valence-corrected chi connectivity index (χ0v) is 16.7. The van der Waals surface area contributed by atoms with Crippen LogP contribution in [0.25, 0.3) is 0 Å². The van der Waals surface area contributed by atoms with Crippen molar-refractivity contribution in [2.75, 3.05) is 41.3 Å². The fourth-order valence-electron chi connectivity index (χ4n) is 2.89. The Bertz CT molecular complexity index is 624. The highest BCUT2D eigenvalue weighted by atomic mass is 16.2. The number of hydrogen-bond donors (Lipinski definition) is 2. The first kappa shape index (κ1) is 20.2. The molecular formula is C20H33N5O. The van der Waals surface area contributed by atoms with E-state index in [1.165, 1.54) is 12.8 Å². The van der Waals surface area contributed by atoms with Gasteiger partial charge in [0.1, 0.15) is 0 Å². The number of hydrogen-bond acceptors (Lipinski definition) is 3. The summed E-state index contributed by atoms with van der Waals surface area (Å²) in [5.74, 6) is 0.854. The fourth-order valence-corrected chi connectivity index (χ4v) is 2.89. The summed E-state index contributed by atoms with van der Waals surface area (Å²) in [5, 5.41) is 6.75. The van der Waals surface area contributed by atoms with Crippen LogP contribution in [-0.2, 0) is 6.42 Å². The molecule has 1 amide bonds. The third kappa shape index (κ3) is 6.02. The molecule has 6 heteroatoms. The molecule has 1 aromatic rings. The molecule has 0 heterocycles. The van der Waals surface area contributed by atoms with Gasteiger partial charge >= 0.3 is 0 Å². The maximum Gasteiger partial charge on any atom is 0.253 e. The quantitative estimate of drug-likeness (QED) is 0.546. The van der Waals surface area contributed by atoms with Crippen molar-refractivity contribution in [2.45, 2.75) is 38.3 Å². The second-order valence-electron chi connectivity index (χ2n) is 7.28. The number of amides is 1. The molecule has 1 aromatic carbocycles. The minimum atomic E-state index is 0.0334. The zero-order chi connectivity index (χ0) is 19.1. The van der Waals surface area contributed by atoms with E-state index in [9.17, 15) is 4.79 Å². The van der Waals surface area contributed by atoms with Crippen LogP contribution < -0.4 is 10.6 Å². The second kappa shape index (κ2) is 9.57. The molecule has 2 rings (SSSR count). The normalized spacial score (nSPS) is 15.7. The topological polar surface area (TPSA) is 60.0 Å². The van der Waals surface area contributed by atoms with Gasteiger partial charge in [0.05, 0.1) is 0 Å². The summed E-state index contributed by atoms with van der Waals surface area (Å²) in [7, 11) is 7.53. The number of guanidine groups is 1. The van der Waals surface area contributed by atoms with E-state index in [1.54, 1.807) is 26.0 Å². The van der Waals surface area contributed by atoms with E-state index in [1.807, 2.05) is 18.2 Å². The highest BCUT2D eigenvalue weighted by Gasteiger charge is 2.28. The van der Waals surface area contributed by atoms with E-state index in [0.29, 0.717) is 6.04 Å². The van der Waals surface area contributed by atoms with Crippen LogP contribution in [0.2, 0.25) is 0 Å². The van der Waals surface area contributed by atoms with Crippen molar-refractivity contribution in [3.63, 3.8) is 0 Å². The van der Waals surface area contributed by atoms with Crippen molar-refractivity contribution in [3.8, 4) is 0 Å². The molecule has 1 unspecified atom stereocenters. The van der Waals surface area contributed by atoms with Gasteiger partial charge in [-0.3, -0.25) is 14.7 Å². The molecule has 0 radical (unpaired) electrons. The lowest BCUT2D eigenvalue weighted by atomic mass is 10.1. The minimum Gasteiger partial charge on any atom is -0.356 e. The molecule has 26 heavy (non-hydrogen) atoms. The van der Waals surface area contributed by atoms with Crippen LogP contribution in [-0.4, -0.2) is 75.0 Å². The number of nitrogens with zero attached hydrogens (tertiary/aromatic N) is 3. The summed E-state index contributed by atoms with van der Waals surface area (Å²) in [6, 6.07) is 9.06. The van der Waals surface area contributed by atoms with Gasteiger partial charge in [-0.1, -0.05) is 12.1 Å². The smallest absolute Gasteiger partial charge is 0.253 e. The van der Waals surface area contributed by atoms with Crippen molar-refractivity contribution in [3.05, 3.63) is 35.4 Å². The van der Waals surface area contributed by atoms with Crippen molar-refractivity contribution in [1.29, 1.82) is 0 Å². The molecule has 2 N–H and O–H groups in total. The number of carbonyl (C=O) groups excluding carboxylic acids is 1. The Kier molecular flexibility index (Phi) is 7.45. The van der Waals surface area contributed by atoms with Crippen LogP contribution in [0.4, 0.5) is 0 Å². The van der Waals surface area contributed by atoms with Crippen molar-refractivity contribution in [2.24, 2.45) is 4.99 Å². The molecule has 1 saturated carbocycles. The molecular weight excluding hydrogens is 326 g/mol. The fraction of sp³-hybridized carbons (Fsp3) is 0.600. The molecule has 1 fully saturated rings. The molecule has 1 atom stereocenters. The van der Waals surface area contributed by atoms with Gasteiger partial charge in [0.15, 0.2) is 5.96 Å². The van der Waals surface area contributed by atoms with E-state index in [0.717, 1.165) is 42.6 Å². The Labute approximate surface area is 157 Å². The van der Waals surface area contributed by atoms with E-state index in [-0.39, 0.29) is 5.91 Å². The second-order valence-corrected chi connectivity index (χ2v) is 7.28. The third-order valence-corrected chi connectivity index (χ3v) is 4.89. The Balaban J connectivity index is 1.76. The van der Waals surface area contributed by atoms with Gasteiger partial charge in [-0.05, 0) is 50.9 Å². The summed E-state index contributed by atoms with van der Waals surface area (Å²) in [6.07, 6.45) is 3.49. The van der Waals surface area contributed by atoms with Gasteiger partial charge in [0, 0.05) is 51.9 Å². The average molecular weight is 360 g/mol. The van der Waals surface area contributed by atoms with Gasteiger partial charge in [-0.15, -0.1) is 0 Å². The molecule has 144 valence electrons. The van der Waals surface area contributed by atoms with Crippen LogP contribution in [0.3, 0.4) is 0 Å². The molecule has 0 aliphatic heterocycles. The molecule has 0 spiro atoms. The number of nitrogens with one attached hydrogen (secondary N) is 2. The first-order valence-electron chi connectivity index (χ1n) is 9.39. The van der Waals surface area contributed by atoms with E-state index >= 15 is 0 Å². The van der Waals surface area contributed by atoms with Crippen LogP contribution in [0.1, 0.15) is 35.7 Å². The van der Waals surface area contributed by atoms with Crippen LogP contribution >= 0.6 is 0 Å². The van der Waals surface area contributed by atoms with Crippen LogP contribution in [0, 0.1) is 0 Å². The highest BCUT2D eigenvalue weighted by Crippen LogP contribution is 2.26. The molecule has 0 aromatic heterocycles. The third-order valence-electron chi connectivity index (χ3n) is 4.89. The summed E-state index contributed by atoms with van der Waals surface area (Å²) in [5.41, 5.74) is 1.87. The predicted molar refractivity (Wildman–Crippen MR) is 108 cm³/mol. The van der Waals surface area contributed by atoms with Crippen LogP contribution in [0.15, 0.2) is 29.3 Å². The van der Waals surface area contributed by atoms with Crippen LogP contribution in [0.5, 0.6) is 0 Å². The lowest BCUT2D eigenvalue weighted by Crippen LogP contribution is -2.45. The minimum absolute atomic E-state index is 0.0334. The molecule has 1 aliphatic rings. The number of aliphatic imine (C=N–C) groups is 1. The van der Waals surface area contributed by atoms with Crippen molar-refractivity contribution >= 4 is 11.9 Å². The largest absolute Gasteiger partial charge is 0.356 e. The maximum absolute atomic E-state index is 12.1. The van der Waals surface area contributed by atoms with Gasteiger partial charge in [-0.25, -0.2) is 0 Å². The predicted octanol–water partition coefficient (Wildman–Crippen LogP) is 1.58. The average Bonchev–Trinajstić information content (AvgIpc) is 3.48. The molecule has 0 saturated heterocycles. The van der Waals surface area contributed by atoms with E-state index < -0.39 is 0 Å². The Hall–Kier alpha value is -2.08. The van der Waals surface area contributed by atoms with E-state index in [4.69, 9.17) is 0 Å². The number of benzene rings is 1. The van der Waals surface area contributed by atoms with Gasteiger partial charge in [-0.2, -0.15) is 0 Å². The van der Waals surface area contributed by atoms with Crippen molar-refractivity contribution < 1.29 is 4.79 Å². The zero-order valence-electron chi connectivity index (χ0n) is 16.7. The van der Waals surface area contributed by atoms with Gasteiger partial charge in [0.2, 0.25) is 0 Å². The Morgan fingerprint density at radius 1 is 1.27 bits per heavy atom. The lowest BCUT2D eigenvalue weighted by molar-refractivity contribution is 0.0827.